The first-order valence-electron chi connectivity index (χ1n) is 9.38. The summed E-state index contributed by atoms with van der Waals surface area (Å²) in [5, 5.41) is 0. The molecule has 2 saturated heterocycles. The lowest BCUT2D eigenvalue weighted by molar-refractivity contribution is 0.00288. The molecule has 144 valence electrons. The zero-order valence-corrected chi connectivity index (χ0v) is 15.4. The quantitative estimate of drug-likeness (QED) is 0.798. The van der Waals surface area contributed by atoms with E-state index in [0.29, 0.717) is 19.7 Å². The number of morpholine rings is 1. The van der Waals surface area contributed by atoms with Gasteiger partial charge in [-0.1, -0.05) is 12.1 Å². The highest BCUT2D eigenvalue weighted by Gasteiger charge is 2.28. The molecule has 6 nitrogen and oxygen atoms in total. The van der Waals surface area contributed by atoms with Crippen molar-refractivity contribution in [1.29, 1.82) is 0 Å². The van der Waals surface area contributed by atoms with E-state index in [0.717, 1.165) is 51.5 Å². The first-order valence-corrected chi connectivity index (χ1v) is 9.38. The molecule has 26 heavy (non-hydrogen) atoms. The number of carbonyl (C=O) groups is 1. The van der Waals surface area contributed by atoms with Crippen LogP contribution in [0.3, 0.4) is 0 Å². The number of carbonyl (C=O) groups excluding carboxylic acids is 1. The van der Waals surface area contributed by atoms with Crippen LogP contribution < -0.4 is 0 Å². The number of halogens is 1. The lowest BCUT2D eigenvalue weighted by Gasteiger charge is -2.40. The van der Waals surface area contributed by atoms with Crippen LogP contribution in [0.25, 0.3) is 0 Å². The Hall–Kier alpha value is -1.70. The number of nitrogens with zero attached hydrogens (tertiary/aromatic N) is 3. The maximum Gasteiger partial charge on any atom is 0.409 e. The van der Waals surface area contributed by atoms with Gasteiger partial charge in [-0.3, -0.25) is 9.80 Å². The summed E-state index contributed by atoms with van der Waals surface area (Å²) in [6, 6.07) is 7.02. The van der Waals surface area contributed by atoms with E-state index < -0.39 is 0 Å². The Labute approximate surface area is 154 Å². The second-order valence-corrected chi connectivity index (χ2v) is 6.70. The van der Waals surface area contributed by atoms with Crippen LogP contribution in [0.1, 0.15) is 18.5 Å². The van der Waals surface area contributed by atoms with E-state index in [4.69, 9.17) is 9.47 Å². The van der Waals surface area contributed by atoms with Gasteiger partial charge in [0.2, 0.25) is 0 Å². The molecule has 1 amide bonds. The molecule has 2 aliphatic heterocycles. The Bertz CT molecular complexity index is 570. The van der Waals surface area contributed by atoms with E-state index in [1.807, 2.05) is 19.1 Å². The van der Waals surface area contributed by atoms with Crippen molar-refractivity contribution < 1.29 is 18.7 Å². The van der Waals surface area contributed by atoms with Crippen molar-refractivity contribution in [2.45, 2.75) is 13.0 Å². The van der Waals surface area contributed by atoms with Crippen LogP contribution in [0.15, 0.2) is 24.3 Å². The fourth-order valence-corrected chi connectivity index (χ4v) is 3.58. The maximum atomic E-state index is 13.3. The molecular weight excluding hydrogens is 337 g/mol. The van der Waals surface area contributed by atoms with Gasteiger partial charge in [-0.25, -0.2) is 9.18 Å². The number of benzene rings is 1. The molecule has 3 rings (SSSR count). The van der Waals surface area contributed by atoms with E-state index in [1.54, 1.807) is 4.90 Å². The largest absolute Gasteiger partial charge is 0.450 e. The summed E-state index contributed by atoms with van der Waals surface area (Å²) < 4.78 is 23.9. The predicted octanol–water partition coefficient (Wildman–Crippen LogP) is 1.97. The van der Waals surface area contributed by atoms with E-state index >= 15 is 0 Å². The number of hydrogen-bond donors (Lipinski definition) is 0. The van der Waals surface area contributed by atoms with Crippen LogP contribution in [0, 0.1) is 5.82 Å². The Morgan fingerprint density at radius 3 is 2.38 bits per heavy atom. The predicted molar refractivity (Wildman–Crippen MR) is 96.6 cm³/mol. The summed E-state index contributed by atoms with van der Waals surface area (Å²) in [6.07, 6.45) is -0.226. The number of hydrogen-bond acceptors (Lipinski definition) is 5. The number of rotatable bonds is 5. The average Bonchev–Trinajstić information content (AvgIpc) is 2.68. The molecule has 1 unspecified atom stereocenters. The van der Waals surface area contributed by atoms with Gasteiger partial charge in [0.1, 0.15) is 5.82 Å². The third kappa shape index (κ3) is 4.93. The van der Waals surface area contributed by atoms with Gasteiger partial charge in [-0.05, 0) is 24.6 Å². The fraction of sp³-hybridized carbons (Fsp3) is 0.632. The van der Waals surface area contributed by atoms with Gasteiger partial charge in [-0.15, -0.1) is 0 Å². The summed E-state index contributed by atoms with van der Waals surface area (Å²) in [4.78, 5) is 18.4. The number of amides is 1. The van der Waals surface area contributed by atoms with Crippen molar-refractivity contribution >= 4 is 6.09 Å². The summed E-state index contributed by atoms with van der Waals surface area (Å²) in [5.41, 5.74) is 1.13. The molecule has 0 radical (unpaired) electrons. The second kappa shape index (κ2) is 9.30. The number of piperazine rings is 1. The third-order valence-corrected chi connectivity index (χ3v) is 5.07. The SMILES string of the molecule is CCOC(=O)N1CCN(CC(c2ccc(F)cc2)N2CCOCC2)CC1. The Balaban J connectivity index is 1.63. The van der Waals surface area contributed by atoms with Gasteiger partial charge >= 0.3 is 6.09 Å². The summed E-state index contributed by atoms with van der Waals surface area (Å²) in [6.45, 7) is 9.31. The molecule has 2 fully saturated rings. The molecule has 0 aliphatic carbocycles. The Kier molecular flexibility index (Phi) is 6.82. The molecule has 7 heteroatoms. The van der Waals surface area contributed by atoms with E-state index in [-0.39, 0.29) is 18.0 Å². The lowest BCUT2D eigenvalue weighted by Crippen LogP contribution is -2.51. The minimum absolute atomic E-state index is 0.202. The number of ether oxygens (including phenoxy) is 2. The molecule has 2 heterocycles. The molecule has 1 aromatic carbocycles. The zero-order valence-electron chi connectivity index (χ0n) is 15.4. The molecule has 0 aromatic heterocycles. The monoisotopic (exact) mass is 365 g/mol. The minimum atomic E-state index is -0.226. The van der Waals surface area contributed by atoms with Crippen LogP contribution in [-0.2, 0) is 9.47 Å². The van der Waals surface area contributed by atoms with Crippen molar-refractivity contribution in [2.75, 3.05) is 65.6 Å². The van der Waals surface area contributed by atoms with Gasteiger partial charge in [0, 0.05) is 51.9 Å². The standard InChI is InChI=1S/C19H28FN3O3/c1-2-26-19(24)23-9-7-21(8-10-23)15-18(22-11-13-25-14-12-22)16-3-5-17(20)6-4-16/h3-6,18H,2,7-15H2,1H3. The third-order valence-electron chi connectivity index (χ3n) is 5.07. The average molecular weight is 365 g/mol. The van der Waals surface area contributed by atoms with Crippen molar-refractivity contribution in [3.63, 3.8) is 0 Å². The van der Waals surface area contributed by atoms with Crippen LogP contribution in [0.4, 0.5) is 9.18 Å². The minimum Gasteiger partial charge on any atom is -0.450 e. The molecule has 0 N–H and O–H groups in total. The van der Waals surface area contributed by atoms with Crippen molar-refractivity contribution in [3.05, 3.63) is 35.6 Å². The topological polar surface area (TPSA) is 45.2 Å². The fourth-order valence-electron chi connectivity index (χ4n) is 3.58. The van der Waals surface area contributed by atoms with E-state index in [2.05, 4.69) is 9.80 Å². The van der Waals surface area contributed by atoms with Crippen molar-refractivity contribution in [1.82, 2.24) is 14.7 Å². The first kappa shape index (κ1) is 19.1. The highest BCUT2D eigenvalue weighted by Crippen LogP contribution is 2.24. The molecular formula is C19H28FN3O3. The van der Waals surface area contributed by atoms with Gasteiger partial charge in [0.05, 0.1) is 19.8 Å². The molecule has 1 atom stereocenters. The smallest absolute Gasteiger partial charge is 0.409 e. The summed E-state index contributed by atoms with van der Waals surface area (Å²) in [7, 11) is 0. The Morgan fingerprint density at radius 1 is 1.12 bits per heavy atom. The maximum absolute atomic E-state index is 13.3. The normalized spacial score (nSPS) is 20.8. The summed E-state index contributed by atoms with van der Waals surface area (Å²) in [5.74, 6) is -0.211. The molecule has 0 spiro atoms. The van der Waals surface area contributed by atoms with Crippen LogP contribution in [0.5, 0.6) is 0 Å². The highest BCUT2D eigenvalue weighted by molar-refractivity contribution is 5.67. The van der Waals surface area contributed by atoms with Crippen molar-refractivity contribution in [3.8, 4) is 0 Å². The van der Waals surface area contributed by atoms with Gasteiger partial charge < -0.3 is 14.4 Å². The molecule has 2 aliphatic rings. The van der Waals surface area contributed by atoms with Gasteiger partial charge in [0.15, 0.2) is 0 Å². The second-order valence-electron chi connectivity index (χ2n) is 6.70. The van der Waals surface area contributed by atoms with E-state index in [1.165, 1.54) is 12.1 Å². The summed E-state index contributed by atoms with van der Waals surface area (Å²) >= 11 is 0. The molecule has 0 saturated carbocycles. The van der Waals surface area contributed by atoms with Crippen LogP contribution in [-0.4, -0.2) is 86.4 Å². The molecule has 0 bridgehead atoms. The van der Waals surface area contributed by atoms with Crippen LogP contribution >= 0.6 is 0 Å². The van der Waals surface area contributed by atoms with Gasteiger partial charge in [-0.2, -0.15) is 0 Å². The van der Waals surface area contributed by atoms with Crippen LogP contribution in [0.2, 0.25) is 0 Å². The molecule has 1 aromatic rings. The van der Waals surface area contributed by atoms with Gasteiger partial charge in [0.25, 0.3) is 0 Å². The highest BCUT2D eigenvalue weighted by atomic mass is 19.1. The zero-order chi connectivity index (χ0) is 18.4. The lowest BCUT2D eigenvalue weighted by atomic mass is 10.0. The first-order chi connectivity index (χ1) is 12.7. The van der Waals surface area contributed by atoms with E-state index in [9.17, 15) is 9.18 Å². The van der Waals surface area contributed by atoms with Crippen molar-refractivity contribution in [2.24, 2.45) is 0 Å². The Morgan fingerprint density at radius 2 is 1.77 bits per heavy atom.